The summed E-state index contributed by atoms with van der Waals surface area (Å²) in [7, 11) is -6.05. The van der Waals surface area contributed by atoms with Gasteiger partial charge in [0.2, 0.25) is 0 Å². The van der Waals surface area contributed by atoms with Crippen LogP contribution in [0, 0.1) is 0 Å². The molecule has 0 radical (unpaired) electrons. The van der Waals surface area contributed by atoms with Crippen LogP contribution in [0.15, 0.2) is 84.9 Å². The molecule has 304 valence electrons. The zero-order chi connectivity index (χ0) is 42.0. The van der Waals surface area contributed by atoms with Crippen molar-refractivity contribution in [3.8, 4) is 22.3 Å². The van der Waals surface area contributed by atoms with Crippen molar-refractivity contribution in [3.05, 3.63) is 107 Å². The summed E-state index contributed by atoms with van der Waals surface area (Å²) < 4.78 is 7.00. The maximum absolute atomic E-state index is 3.98. The van der Waals surface area contributed by atoms with Crippen LogP contribution in [-0.4, -0.2) is 37.8 Å². The van der Waals surface area contributed by atoms with Crippen LogP contribution < -0.4 is 20.7 Å². The van der Waals surface area contributed by atoms with E-state index in [1.165, 1.54) is 65.1 Å². The van der Waals surface area contributed by atoms with Gasteiger partial charge in [-0.05, 0) is 0 Å². The molecule has 0 bridgehead atoms. The van der Waals surface area contributed by atoms with Gasteiger partial charge in [0, 0.05) is 0 Å². The maximum atomic E-state index is 2.95. The number of benzene rings is 4. The first-order chi connectivity index (χ1) is 26.3. The summed E-state index contributed by atoms with van der Waals surface area (Å²) in [6.45, 7) is 35.4. The van der Waals surface area contributed by atoms with Gasteiger partial charge in [-0.1, -0.05) is 0 Å². The summed E-state index contributed by atoms with van der Waals surface area (Å²) in [6.07, 6.45) is 16.1. The second kappa shape index (κ2) is 16.0. The Morgan fingerprint density at radius 2 is 0.877 bits per heavy atom. The molecule has 4 aromatic rings. The third-order valence-corrected chi connectivity index (χ3v) is 80.5. The standard InChI is InChI=1S/2C21H27Si2.C7H16Si.2CH3.Hf/c2*1-22(2,3)18-13-17(14-19(15-18)23(4,5)6)21-12-8-10-16-9-7-11-20(16)21;1-3-4-5-6-7-8-2;;;/h2*7-15H,1-6H3;3-7H2,1-2H3;2*1H3;. The van der Waals surface area contributed by atoms with Crippen molar-refractivity contribution in [2.45, 2.75) is 140 Å². The average Bonchev–Trinajstić information content (AvgIpc) is 3.78. The third kappa shape index (κ3) is 8.75. The number of allylic oxidation sites excluding steroid dienone is 2. The third-order valence-electron chi connectivity index (χ3n) is 14.5. The van der Waals surface area contributed by atoms with Crippen LogP contribution in [0.1, 0.15) is 62.2 Å². The van der Waals surface area contributed by atoms with Crippen molar-refractivity contribution >= 4 is 70.7 Å². The number of fused-ring (bicyclic) bond motifs is 2. The molecule has 0 fully saturated rings. The molecule has 0 saturated carbocycles. The van der Waals surface area contributed by atoms with E-state index in [4.69, 9.17) is 0 Å². The van der Waals surface area contributed by atoms with E-state index in [-0.39, 0.29) is 0 Å². The topological polar surface area (TPSA) is 0 Å². The van der Waals surface area contributed by atoms with Crippen molar-refractivity contribution < 1.29 is 17.1 Å². The van der Waals surface area contributed by atoms with Crippen molar-refractivity contribution in [1.29, 1.82) is 0 Å². The summed E-state index contributed by atoms with van der Waals surface area (Å²) in [5, 5.41) is 6.42. The molecule has 57 heavy (non-hydrogen) atoms. The number of unbranched alkanes of at least 4 members (excludes halogenated alkanes) is 3. The summed E-state index contributed by atoms with van der Waals surface area (Å²) in [5.41, 5.74) is 11.5. The van der Waals surface area contributed by atoms with Crippen molar-refractivity contribution in [2.75, 3.05) is 0 Å². The molecule has 0 spiro atoms. The Kier molecular flexibility index (Phi) is 12.6. The molecular formula is C51H76HfSi5. The number of hydrogen-bond acceptors (Lipinski definition) is 0. The molecule has 2 atom stereocenters. The summed E-state index contributed by atoms with van der Waals surface area (Å²) >= 11 is -3.98. The van der Waals surface area contributed by atoms with E-state index < -0.39 is 54.9 Å². The van der Waals surface area contributed by atoms with Crippen LogP contribution in [0.5, 0.6) is 0 Å². The molecule has 6 heteroatoms. The fraction of sp³-hybridized carbons (Fsp3) is 0.451. The zero-order valence-corrected chi connectivity index (χ0v) is 47.5. The fourth-order valence-electron chi connectivity index (χ4n) is 9.96. The number of hydrogen-bond donors (Lipinski definition) is 0. The van der Waals surface area contributed by atoms with Crippen LogP contribution in [0.2, 0.25) is 101 Å². The molecule has 0 saturated heterocycles. The van der Waals surface area contributed by atoms with E-state index in [0.717, 1.165) is 0 Å². The molecule has 0 aliphatic heterocycles. The van der Waals surface area contributed by atoms with E-state index in [2.05, 4.69) is 198 Å². The minimum absolute atomic E-state index is 0.552. The van der Waals surface area contributed by atoms with Crippen LogP contribution in [-0.2, 0) is 17.1 Å². The van der Waals surface area contributed by atoms with Gasteiger partial charge in [0.05, 0.1) is 0 Å². The normalized spacial score (nSPS) is 17.3. The van der Waals surface area contributed by atoms with Gasteiger partial charge in [-0.2, -0.15) is 0 Å². The molecule has 0 amide bonds. The second-order valence-corrected chi connectivity index (χ2v) is 90.8. The zero-order valence-electron chi connectivity index (χ0n) is 38.9. The Morgan fingerprint density at radius 3 is 1.21 bits per heavy atom. The summed E-state index contributed by atoms with van der Waals surface area (Å²) in [6, 6.07) is 31.8. The second-order valence-electron chi connectivity index (χ2n) is 23.1. The Labute approximate surface area is 354 Å². The van der Waals surface area contributed by atoms with Gasteiger partial charge < -0.3 is 0 Å². The molecule has 2 aliphatic carbocycles. The van der Waals surface area contributed by atoms with Crippen molar-refractivity contribution in [3.63, 3.8) is 0 Å². The van der Waals surface area contributed by atoms with E-state index in [1.807, 2.05) is 0 Å². The molecule has 0 aromatic heterocycles. The Bertz CT molecular complexity index is 2100. The van der Waals surface area contributed by atoms with Gasteiger partial charge in [0.15, 0.2) is 0 Å². The minimum atomic E-state index is -3.98. The van der Waals surface area contributed by atoms with Gasteiger partial charge in [-0.25, -0.2) is 0 Å². The van der Waals surface area contributed by atoms with Crippen LogP contribution in [0.3, 0.4) is 0 Å². The van der Waals surface area contributed by atoms with Gasteiger partial charge >= 0.3 is 358 Å². The molecule has 4 aromatic carbocycles. The van der Waals surface area contributed by atoms with Gasteiger partial charge in [0.1, 0.15) is 0 Å². The first-order valence-electron chi connectivity index (χ1n) is 22.3. The van der Waals surface area contributed by atoms with Crippen molar-refractivity contribution in [2.24, 2.45) is 0 Å². The van der Waals surface area contributed by atoms with Gasteiger partial charge in [-0.3, -0.25) is 0 Å². The van der Waals surface area contributed by atoms with Gasteiger partial charge in [-0.15, -0.1) is 0 Å². The van der Waals surface area contributed by atoms with Gasteiger partial charge in [0.25, 0.3) is 0 Å². The SMILES string of the molecule is CCCCCC[Si](C)=[Hf]([CH3])([CH3])([CH]1C=Cc2c(-c3cc([Si](C)(C)C)cc([Si](C)(C)C)c3)cccc21)[CH]1C=Cc2c(-c3cc([Si](C)(C)C)cc([Si](C)(C)C)c3)cccc21. The Morgan fingerprint density at radius 1 is 0.509 bits per heavy atom. The molecule has 2 unspecified atom stereocenters. The van der Waals surface area contributed by atoms with Crippen LogP contribution in [0.4, 0.5) is 0 Å². The fourth-order valence-corrected chi connectivity index (χ4v) is 58.6. The van der Waals surface area contributed by atoms with E-state index in [0.29, 0.717) is 7.35 Å². The Hall–Kier alpha value is -1.69. The molecule has 0 N–H and O–H groups in total. The number of rotatable bonds is 13. The van der Waals surface area contributed by atoms with E-state index in [1.54, 1.807) is 31.9 Å². The van der Waals surface area contributed by atoms with Crippen LogP contribution >= 0.6 is 0 Å². The quantitative estimate of drug-likeness (QED) is 0.0925. The monoisotopic (exact) mass is 1010 g/mol. The average molecular weight is 1010 g/mol. The first kappa shape index (κ1) is 44.9. The first-order valence-corrected chi connectivity index (χ1v) is 55.3. The summed E-state index contributed by atoms with van der Waals surface area (Å²) in [5.74, 6) is 0. The molecule has 0 nitrogen and oxygen atoms in total. The molecule has 2 aliphatic rings. The predicted octanol–water partition coefficient (Wildman–Crippen LogP) is 14.0. The Balaban J connectivity index is 1.55. The summed E-state index contributed by atoms with van der Waals surface area (Å²) in [4.78, 5) is 0. The van der Waals surface area contributed by atoms with Crippen LogP contribution in [0.25, 0.3) is 34.4 Å². The van der Waals surface area contributed by atoms with Crippen molar-refractivity contribution in [1.82, 2.24) is 0 Å². The molecule has 0 heterocycles. The van der Waals surface area contributed by atoms with E-state index in [9.17, 15) is 0 Å². The molecule has 6 rings (SSSR count). The predicted molar refractivity (Wildman–Crippen MR) is 272 cm³/mol. The van der Waals surface area contributed by atoms with E-state index >= 15 is 0 Å². The molecular weight excluding hydrogens is 931 g/mol.